The van der Waals surface area contributed by atoms with E-state index in [0.717, 1.165) is 38.3 Å². The van der Waals surface area contributed by atoms with Crippen LogP contribution in [0.15, 0.2) is 108 Å². The molecule has 10 heteroatoms. The SMILES string of the molecule is Oc1c(O)c(O)c(-c2c(O)c(O)c(O)c(O)c2-c2c3ccccc3c(-c3ccc4oc5c6ccccc6ccc5c4c3)c3ccccc23)c(O)c1O. The van der Waals surface area contributed by atoms with Crippen LogP contribution >= 0.6 is 0 Å². The van der Waals surface area contributed by atoms with Gasteiger partial charge in [0.2, 0.25) is 28.7 Å². The lowest BCUT2D eigenvalue weighted by Crippen LogP contribution is -1.95. The van der Waals surface area contributed by atoms with Crippen molar-refractivity contribution in [2.24, 2.45) is 0 Å². The van der Waals surface area contributed by atoms with E-state index >= 15 is 0 Å². The molecule has 8 aromatic carbocycles. The van der Waals surface area contributed by atoms with Crippen LogP contribution in [0.1, 0.15) is 0 Å². The van der Waals surface area contributed by atoms with E-state index in [1.807, 2.05) is 72.8 Å². The highest BCUT2D eigenvalue weighted by Gasteiger charge is 2.34. The van der Waals surface area contributed by atoms with Crippen LogP contribution in [-0.2, 0) is 0 Å². The number of furan rings is 1. The molecule has 9 aromatic rings. The zero-order valence-corrected chi connectivity index (χ0v) is 26.7. The summed E-state index contributed by atoms with van der Waals surface area (Å²) in [5.41, 5.74) is 1.42. The first-order valence-electron chi connectivity index (χ1n) is 16.1. The Bertz CT molecular complexity index is 2930. The Kier molecular flexibility index (Phi) is 6.33. The lowest BCUT2D eigenvalue weighted by Gasteiger charge is -2.23. The molecular weight excluding hydrogens is 664 g/mol. The summed E-state index contributed by atoms with van der Waals surface area (Å²) in [4.78, 5) is 0. The summed E-state index contributed by atoms with van der Waals surface area (Å²) < 4.78 is 6.36. The van der Waals surface area contributed by atoms with Gasteiger partial charge in [0.05, 0.1) is 5.56 Å². The third-order valence-corrected chi connectivity index (χ3v) is 9.85. The summed E-state index contributed by atoms with van der Waals surface area (Å²) in [6.45, 7) is 0. The molecule has 0 aliphatic carbocycles. The van der Waals surface area contributed by atoms with Crippen LogP contribution in [0.5, 0.6) is 51.7 Å². The molecule has 0 amide bonds. The highest BCUT2D eigenvalue weighted by atomic mass is 16.4. The van der Waals surface area contributed by atoms with Gasteiger partial charge < -0.3 is 50.4 Å². The van der Waals surface area contributed by atoms with E-state index in [1.54, 1.807) is 24.3 Å². The number of phenolic OH excluding ortho intramolecular Hbond substituents is 9. The number of hydrogen-bond donors (Lipinski definition) is 9. The van der Waals surface area contributed by atoms with Crippen LogP contribution in [0.4, 0.5) is 0 Å². The average Bonchev–Trinajstić information content (AvgIpc) is 3.55. The monoisotopic (exact) mass is 690 g/mol. The molecule has 0 spiro atoms. The van der Waals surface area contributed by atoms with Crippen molar-refractivity contribution in [2.75, 3.05) is 0 Å². The van der Waals surface area contributed by atoms with Gasteiger partial charge in [0, 0.05) is 32.8 Å². The summed E-state index contributed by atoms with van der Waals surface area (Å²) in [6, 6.07) is 32.3. The van der Waals surface area contributed by atoms with Crippen molar-refractivity contribution >= 4 is 54.3 Å². The quantitative estimate of drug-likeness (QED) is 0.0489. The van der Waals surface area contributed by atoms with Crippen LogP contribution in [0, 0.1) is 0 Å². The Morgan fingerprint density at radius 3 is 1.31 bits per heavy atom. The Labute approximate surface area is 292 Å². The van der Waals surface area contributed by atoms with Gasteiger partial charge in [0.25, 0.3) is 0 Å². The second kappa shape index (κ2) is 10.8. The maximum absolute atomic E-state index is 11.6. The fraction of sp³-hybridized carbons (Fsp3) is 0. The van der Waals surface area contributed by atoms with Gasteiger partial charge in [-0.25, -0.2) is 0 Å². The average molecular weight is 691 g/mol. The molecule has 10 nitrogen and oxygen atoms in total. The number of phenols is 9. The first-order valence-corrected chi connectivity index (χ1v) is 16.1. The maximum atomic E-state index is 11.6. The molecule has 0 bridgehead atoms. The van der Waals surface area contributed by atoms with Gasteiger partial charge in [-0.1, -0.05) is 84.9 Å². The molecule has 52 heavy (non-hydrogen) atoms. The maximum Gasteiger partial charge on any atom is 0.208 e. The van der Waals surface area contributed by atoms with Gasteiger partial charge in [0.1, 0.15) is 11.2 Å². The lowest BCUT2D eigenvalue weighted by molar-refractivity contribution is 0.329. The second-order valence-corrected chi connectivity index (χ2v) is 12.6. The predicted octanol–water partition coefficient (Wildman–Crippen LogP) is 9.40. The minimum atomic E-state index is -1.25. The van der Waals surface area contributed by atoms with E-state index in [2.05, 4.69) is 6.07 Å². The minimum Gasteiger partial charge on any atom is -0.504 e. The van der Waals surface area contributed by atoms with E-state index < -0.39 is 62.9 Å². The smallest absolute Gasteiger partial charge is 0.208 e. The first kappa shape index (κ1) is 30.6. The summed E-state index contributed by atoms with van der Waals surface area (Å²) in [7, 11) is 0. The first-order chi connectivity index (χ1) is 25.1. The van der Waals surface area contributed by atoms with Gasteiger partial charge >= 0.3 is 0 Å². The number of benzene rings is 8. The van der Waals surface area contributed by atoms with Crippen LogP contribution in [-0.4, -0.2) is 46.0 Å². The highest BCUT2D eigenvalue weighted by Crippen LogP contribution is 2.63. The summed E-state index contributed by atoms with van der Waals surface area (Å²) in [6.07, 6.45) is 0. The Morgan fingerprint density at radius 2 is 0.750 bits per heavy atom. The summed E-state index contributed by atoms with van der Waals surface area (Å²) >= 11 is 0. The van der Waals surface area contributed by atoms with Crippen LogP contribution < -0.4 is 0 Å². The molecule has 0 aliphatic heterocycles. The zero-order valence-electron chi connectivity index (χ0n) is 26.7. The number of hydrogen-bond acceptors (Lipinski definition) is 10. The molecule has 0 unspecified atom stereocenters. The topological polar surface area (TPSA) is 195 Å². The molecule has 0 fully saturated rings. The van der Waals surface area contributed by atoms with Crippen molar-refractivity contribution in [3.05, 3.63) is 103 Å². The van der Waals surface area contributed by atoms with E-state index in [0.29, 0.717) is 27.1 Å². The zero-order chi connectivity index (χ0) is 36.2. The van der Waals surface area contributed by atoms with Crippen molar-refractivity contribution in [1.29, 1.82) is 0 Å². The molecule has 0 radical (unpaired) electrons. The van der Waals surface area contributed by atoms with E-state index in [1.165, 1.54) is 0 Å². The fourth-order valence-corrected chi connectivity index (χ4v) is 7.48. The second-order valence-electron chi connectivity index (χ2n) is 12.6. The van der Waals surface area contributed by atoms with Gasteiger partial charge in [0.15, 0.2) is 23.0 Å². The fourth-order valence-electron chi connectivity index (χ4n) is 7.48. The van der Waals surface area contributed by atoms with Crippen molar-refractivity contribution in [3.63, 3.8) is 0 Å². The molecule has 1 aromatic heterocycles. The molecule has 0 saturated carbocycles. The number of rotatable bonds is 3. The van der Waals surface area contributed by atoms with Crippen LogP contribution in [0.3, 0.4) is 0 Å². The van der Waals surface area contributed by atoms with Crippen LogP contribution in [0.25, 0.3) is 87.6 Å². The summed E-state index contributed by atoms with van der Waals surface area (Å²) in [5.74, 6) is -10.5. The molecule has 1 heterocycles. The molecule has 0 atom stereocenters. The number of fused-ring (bicyclic) bond motifs is 7. The summed E-state index contributed by atoms with van der Waals surface area (Å²) in [5, 5.41) is 104. The van der Waals surface area contributed by atoms with E-state index in [-0.39, 0.29) is 11.1 Å². The van der Waals surface area contributed by atoms with Crippen molar-refractivity contribution < 1.29 is 50.4 Å². The third kappa shape index (κ3) is 4.00. The van der Waals surface area contributed by atoms with Gasteiger partial charge in [-0.05, 0) is 56.3 Å². The molecule has 9 N–H and O–H groups in total. The van der Waals surface area contributed by atoms with Gasteiger partial charge in [-0.2, -0.15) is 0 Å². The molecule has 0 aliphatic rings. The molecular formula is C42H26O10. The largest absolute Gasteiger partial charge is 0.504 e. The highest BCUT2D eigenvalue weighted by molar-refractivity contribution is 6.25. The van der Waals surface area contributed by atoms with Crippen LogP contribution in [0.2, 0.25) is 0 Å². The van der Waals surface area contributed by atoms with Crippen molar-refractivity contribution in [2.45, 2.75) is 0 Å². The standard InChI is InChI=1S/C42H26O10/c43-33-30(31(34(44)38(48)37(33)47)32-35(45)39(49)41(51)40(50)36(32)46)29-23-11-5-3-9-21(23)28(22-10-4-6-12-24(22)29)19-14-16-27-26(17-19)25-15-13-18-7-1-2-8-20(18)42(25)52-27/h1-17,43-51H. The van der Waals surface area contributed by atoms with Gasteiger partial charge in [-0.15, -0.1) is 0 Å². The Balaban J connectivity index is 1.42. The van der Waals surface area contributed by atoms with E-state index in [4.69, 9.17) is 4.42 Å². The third-order valence-electron chi connectivity index (χ3n) is 9.85. The Morgan fingerprint density at radius 1 is 0.308 bits per heavy atom. The lowest BCUT2D eigenvalue weighted by atomic mass is 9.82. The van der Waals surface area contributed by atoms with Gasteiger partial charge in [-0.3, -0.25) is 0 Å². The molecule has 254 valence electrons. The molecule has 9 rings (SSSR count). The molecule has 0 saturated heterocycles. The van der Waals surface area contributed by atoms with E-state index in [9.17, 15) is 46.0 Å². The normalized spacial score (nSPS) is 11.8. The predicted molar refractivity (Wildman–Crippen MR) is 198 cm³/mol. The minimum absolute atomic E-state index is 0.195. The van der Waals surface area contributed by atoms with Crippen molar-refractivity contribution in [1.82, 2.24) is 0 Å². The van der Waals surface area contributed by atoms with Crippen molar-refractivity contribution in [3.8, 4) is 85.1 Å². The Hall–Kier alpha value is -7.46. The number of aromatic hydroxyl groups is 9.